The Morgan fingerprint density at radius 3 is 2.38 bits per heavy atom. The molecule has 2 aromatic rings. The monoisotopic (exact) mass is 577 g/mol. The lowest BCUT2D eigenvalue weighted by atomic mass is 10.1. The van der Waals surface area contributed by atoms with E-state index in [2.05, 4.69) is 56.6 Å². The highest BCUT2D eigenvalue weighted by Crippen LogP contribution is 2.30. The number of amides is 1. The van der Waals surface area contributed by atoms with Gasteiger partial charge in [-0.1, -0.05) is 29.8 Å². The molecule has 0 radical (unpaired) electrons. The number of ether oxygens (including phenoxy) is 1. The number of carboxylic acid groups (broad SMARTS) is 1. The standard InChI is InChI=1S/C19H17I2NO4/c1-11-4-3-5-13(6-11)10-26-18-15(20)7-14(8-16(18)21)9-17(19(24)25)22-12(2)23/h3-9H,10H2,1-2H3,(H,22,23)(H,24,25). The number of rotatable bonds is 6. The Morgan fingerprint density at radius 1 is 1.19 bits per heavy atom. The van der Waals surface area contributed by atoms with Gasteiger partial charge < -0.3 is 15.2 Å². The van der Waals surface area contributed by atoms with E-state index in [0.29, 0.717) is 12.2 Å². The van der Waals surface area contributed by atoms with Crippen molar-refractivity contribution in [3.05, 3.63) is 65.9 Å². The molecule has 0 atom stereocenters. The molecule has 0 aliphatic carbocycles. The summed E-state index contributed by atoms with van der Waals surface area (Å²) in [4.78, 5) is 22.4. The van der Waals surface area contributed by atoms with Crippen molar-refractivity contribution < 1.29 is 19.4 Å². The zero-order valence-electron chi connectivity index (χ0n) is 14.2. The molecule has 0 spiro atoms. The van der Waals surface area contributed by atoms with Crippen LogP contribution in [0.25, 0.3) is 6.08 Å². The molecule has 0 unspecified atom stereocenters. The number of aliphatic carboxylic acids is 1. The second kappa shape index (κ2) is 9.36. The van der Waals surface area contributed by atoms with Gasteiger partial charge in [0.05, 0.1) is 7.14 Å². The maximum absolute atomic E-state index is 11.3. The zero-order valence-corrected chi connectivity index (χ0v) is 18.5. The molecule has 0 heterocycles. The number of benzene rings is 2. The topological polar surface area (TPSA) is 75.6 Å². The van der Waals surface area contributed by atoms with E-state index < -0.39 is 11.9 Å². The first-order valence-electron chi connectivity index (χ1n) is 7.66. The van der Waals surface area contributed by atoms with Gasteiger partial charge in [-0.05, 0) is 81.4 Å². The zero-order chi connectivity index (χ0) is 19.3. The van der Waals surface area contributed by atoms with E-state index in [1.807, 2.05) is 37.3 Å². The highest BCUT2D eigenvalue weighted by Gasteiger charge is 2.12. The summed E-state index contributed by atoms with van der Waals surface area (Å²) in [7, 11) is 0. The van der Waals surface area contributed by atoms with Crippen LogP contribution in [0.3, 0.4) is 0 Å². The Morgan fingerprint density at radius 2 is 1.85 bits per heavy atom. The molecular weight excluding hydrogens is 560 g/mol. The number of carbonyl (C=O) groups excluding carboxylic acids is 1. The molecular formula is C19H17I2NO4. The predicted octanol–water partition coefficient (Wildman–Crippen LogP) is 4.34. The number of nitrogens with one attached hydrogen (secondary N) is 1. The van der Waals surface area contributed by atoms with Crippen molar-refractivity contribution in [1.29, 1.82) is 0 Å². The largest absolute Gasteiger partial charge is 0.487 e. The van der Waals surface area contributed by atoms with Crippen LogP contribution in [0.2, 0.25) is 0 Å². The molecule has 0 aliphatic rings. The fourth-order valence-corrected chi connectivity index (χ4v) is 4.39. The van der Waals surface area contributed by atoms with Crippen molar-refractivity contribution in [2.24, 2.45) is 0 Å². The Kier molecular flexibility index (Phi) is 7.44. The van der Waals surface area contributed by atoms with Crippen LogP contribution in [0.5, 0.6) is 5.75 Å². The third-order valence-electron chi connectivity index (χ3n) is 3.34. The van der Waals surface area contributed by atoms with Crippen LogP contribution in [0.1, 0.15) is 23.6 Å². The lowest BCUT2D eigenvalue weighted by Crippen LogP contribution is -2.24. The van der Waals surface area contributed by atoms with Gasteiger partial charge in [0.15, 0.2) is 0 Å². The molecule has 5 nitrogen and oxygen atoms in total. The van der Waals surface area contributed by atoms with Crippen molar-refractivity contribution in [2.45, 2.75) is 20.5 Å². The Labute approximate surface area is 179 Å². The number of hydrogen-bond acceptors (Lipinski definition) is 3. The third kappa shape index (κ3) is 5.97. The molecule has 136 valence electrons. The van der Waals surface area contributed by atoms with Crippen LogP contribution >= 0.6 is 45.2 Å². The smallest absolute Gasteiger partial charge is 0.352 e. The number of aryl methyl sites for hydroxylation is 1. The Bertz CT molecular complexity index is 855. The molecule has 0 saturated heterocycles. The van der Waals surface area contributed by atoms with Gasteiger partial charge in [-0.15, -0.1) is 0 Å². The minimum atomic E-state index is -1.19. The first-order valence-corrected chi connectivity index (χ1v) is 9.82. The highest BCUT2D eigenvalue weighted by molar-refractivity contribution is 14.1. The van der Waals surface area contributed by atoms with Crippen LogP contribution in [-0.2, 0) is 16.2 Å². The number of halogens is 2. The molecule has 0 aromatic heterocycles. The van der Waals surface area contributed by atoms with Crippen molar-refractivity contribution in [2.75, 3.05) is 0 Å². The summed E-state index contributed by atoms with van der Waals surface area (Å²) in [5.74, 6) is -0.868. The van der Waals surface area contributed by atoms with Gasteiger partial charge in [0.2, 0.25) is 5.91 Å². The molecule has 2 N–H and O–H groups in total. The molecule has 0 fully saturated rings. The SMILES string of the molecule is CC(=O)NC(=Cc1cc(I)c(OCc2cccc(C)c2)c(I)c1)C(=O)O. The first kappa shape index (κ1) is 20.7. The molecule has 26 heavy (non-hydrogen) atoms. The van der Waals surface area contributed by atoms with Gasteiger partial charge >= 0.3 is 5.97 Å². The van der Waals surface area contributed by atoms with E-state index in [1.165, 1.54) is 18.6 Å². The molecule has 2 rings (SSSR count). The normalized spacial score (nSPS) is 11.2. The van der Waals surface area contributed by atoms with E-state index in [9.17, 15) is 14.7 Å². The van der Waals surface area contributed by atoms with Crippen molar-refractivity contribution in [3.8, 4) is 5.75 Å². The van der Waals surface area contributed by atoms with E-state index in [0.717, 1.165) is 18.5 Å². The molecule has 0 bridgehead atoms. The van der Waals surface area contributed by atoms with E-state index in [-0.39, 0.29) is 5.70 Å². The van der Waals surface area contributed by atoms with Gasteiger partial charge in [0.1, 0.15) is 18.1 Å². The predicted molar refractivity (Wildman–Crippen MR) is 117 cm³/mol. The lowest BCUT2D eigenvalue weighted by molar-refractivity contribution is -0.134. The van der Waals surface area contributed by atoms with Crippen molar-refractivity contribution in [1.82, 2.24) is 5.32 Å². The summed E-state index contributed by atoms with van der Waals surface area (Å²) in [6.07, 6.45) is 1.43. The molecule has 2 aromatic carbocycles. The summed E-state index contributed by atoms with van der Waals surface area (Å²) in [6, 6.07) is 11.7. The quantitative estimate of drug-likeness (QED) is 0.396. The molecule has 1 amide bonds. The van der Waals surface area contributed by atoms with Crippen LogP contribution in [0, 0.1) is 14.1 Å². The second-order valence-corrected chi connectivity index (χ2v) is 7.96. The van der Waals surface area contributed by atoms with Gasteiger partial charge in [0.25, 0.3) is 0 Å². The number of hydrogen-bond donors (Lipinski definition) is 2. The highest BCUT2D eigenvalue weighted by atomic mass is 127. The third-order valence-corrected chi connectivity index (χ3v) is 4.94. The van der Waals surface area contributed by atoms with Crippen LogP contribution in [0.15, 0.2) is 42.1 Å². The Balaban J connectivity index is 2.24. The van der Waals surface area contributed by atoms with Crippen LogP contribution < -0.4 is 10.1 Å². The van der Waals surface area contributed by atoms with Gasteiger partial charge in [-0.2, -0.15) is 0 Å². The summed E-state index contributed by atoms with van der Waals surface area (Å²) < 4.78 is 7.68. The summed E-state index contributed by atoms with van der Waals surface area (Å²) in [6.45, 7) is 3.76. The number of carbonyl (C=O) groups is 2. The average Bonchev–Trinajstić information content (AvgIpc) is 2.53. The second-order valence-electron chi connectivity index (χ2n) is 5.64. The van der Waals surface area contributed by atoms with Crippen LogP contribution in [-0.4, -0.2) is 17.0 Å². The van der Waals surface area contributed by atoms with Gasteiger partial charge in [0, 0.05) is 6.92 Å². The van der Waals surface area contributed by atoms with E-state index in [4.69, 9.17) is 4.74 Å². The van der Waals surface area contributed by atoms with E-state index in [1.54, 1.807) is 0 Å². The molecule has 0 saturated carbocycles. The summed E-state index contributed by atoms with van der Waals surface area (Å²) in [5.41, 5.74) is 2.76. The minimum absolute atomic E-state index is 0.169. The summed E-state index contributed by atoms with van der Waals surface area (Å²) >= 11 is 4.31. The fourth-order valence-electron chi connectivity index (χ4n) is 2.27. The molecule has 7 heteroatoms. The van der Waals surface area contributed by atoms with Gasteiger partial charge in [-0.25, -0.2) is 4.79 Å². The van der Waals surface area contributed by atoms with Crippen molar-refractivity contribution >= 4 is 63.1 Å². The fraction of sp³-hybridized carbons (Fsp3) is 0.158. The molecule has 0 aliphatic heterocycles. The lowest BCUT2D eigenvalue weighted by Gasteiger charge is -2.12. The average molecular weight is 577 g/mol. The minimum Gasteiger partial charge on any atom is -0.487 e. The number of carboxylic acids is 1. The van der Waals surface area contributed by atoms with E-state index >= 15 is 0 Å². The summed E-state index contributed by atoms with van der Waals surface area (Å²) in [5, 5.41) is 11.5. The van der Waals surface area contributed by atoms with Crippen LogP contribution in [0.4, 0.5) is 0 Å². The maximum atomic E-state index is 11.3. The Hall–Kier alpha value is -1.62. The van der Waals surface area contributed by atoms with Crippen molar-refractivity contribution in [3.63, 3.8) is 0 Å². The maximum Gasteiger partial charge on any atom is 0.352 e. The van der Waals surface area contributed by atoms with Gasteiger partial charge in [-0.3, -0.25) is 4.79 Å². The first-order chi connectivity index (χ1) is 12.3.